The van der Waals surface area contributed by atoms with Crippen LogP contribution in [0.3, 0.4) is 0 Å². The van der Waals surface area contributed by atoms with Crippen LogP contribution in [0, 0.1) is 6.92 Å². The summed E-state index contributed by atoms with van der Waals surface area (Å²) >= 11 is 0. The molecule has 0 saturated heterocycles. The Morgan fingerprint density at radius 2 is 1.62 bits per heavy atom. The molecule has 5 heteroatoms. The van der Waals surface area contributed by atoms with Crippen molar-refractivity contribution < 1.29 is 14.3 Å². The number of amides is 1. The molecule has 184 valence electrons. The summed E-state index contributed by atoms with van der Waals surface area (Å²) in [6.45, 7) is 12.3. The number of unbranched alkanes of at least 4 members (excludes halogenated alkanes) is 2. The van der Waals surface area contributed by atoms with Crippen LogP contribution in [0.5, 0.6) is 0 Å². The van der Waals surface area contributed by atoms with Crippen LogP contribution in [0.25, 0.3) is 5.57 Å². The lowest BCUT2D eigenvalue weighted by Crippen LogP contribution is -2.27. The number of rotatable bonds is 13. The van der Waals surface area contributed by atoms with Crippen LogP contribution in [0.1, 0.15) is 70.1 Å². The van der Waals surface area contributed by atoms with E-state index < -0.39 is 0 Å². The molecule has 2 aromatic carbocycles. The van der Waals surface area contributed by atoms with E-state index in [1.165, 1.54) is 11.6 Å². The van der Waals surface area contributed by atoms with Crippen LogP contribution < -0.4 is 10.2 Å². The Balaban J connectivity index is 2.37. The molecule has 5 nitrogen and oxygen atoms in total. The summed E-state index contributed by atoms with van der Waals surface area (Å²) in [5, 5.41) is 3.16. The number of anilines is 2. The third-order valence-corrected chi connectivity index (χ3v) is 5.74. The summed E-state index contributed by atoms with van der Waals surface area (Å²) in [6.07, 6.45) is 6.20. The van der Waals surface area contributed by atoms with Crippen molar-refractivity contribution >= 4 is 28.8 Å². The van der Waals surface area contributed by atoms with Crippen LogP contribution in [-0.2, 0) is 20.7 Å². The molecule has 0 unspecified atom stereocenters. The minimum absolute atomic E-state index is 0.0554. The fourth-order valence-electron chi connectivity index (χ4n) is 3.74. The number of nitrogens with zero attached hydrogens (tertiary/aromatic N) is 1. The minimum Gasteiger partial charge on any atom is -0.463 e. The third kappa shape index (κ3) is 8.69. The molecule has 2 aromatic rings. The molecule has 0 aliphatic heterocycles. The molecule has 34 heavy (non-hydrogen) atoms. The monoisotopic (exact) mass is 464 g/mol. The number of carbonyl (C=O) groups excluding carboxylic acids is 2. The average Bonchev–Trinajstić information content (AvgIpc) is 2.81. The normalized spacial score (nSPS) is 11.3. The van der Waals surface area contributed by atoms with E-state index in [2.05, 4.69) is 30.1 Å². The van der Waals surface area contributed by atoms with Crippen molar-refractivity contribution in [3.63, 3.8) is 0 Å². The van der Waals surface area contributed by atoms with Gasteiger partial charge in [-0.2, -0.15) is 0 Å². The largest absolute Gasteiger partial charge is 0.463 e. The van der Waals surface area contributed by atoms with E-state index in [9.17, 15) is 9.59 Å². The summed E-state index contributed by atoms with van der Waals surface area (Å²) in [5.74, 6) is -0.415. The van der Waals surface area contributed by atoms with Crippen molar-refractivity contribution in [3.05, 3.63) is 65.2 Å². The molecule has 1 N–H and O–H groups in total. The lowest BCUT2D eigenvalue weighted by atomic mass is 10.0. The topological polar surface area (TPSA) is 58.6 Å². The van der Waals surface area contributed by atoms with Crippen LogP contribution in [0.15, 0.2) is 48.5 Å². The highest BCUT2D eigenvalue weighted by Crippen LogP contribution is 2.31. The summed E-state index contributed by atoms with van der Waals surface area (Å²) in [4.78, 5) is 27.3. The maximum Gasteiger partial charge on any atom is 0.331 e. The first-order chi connectivity index (χ1) is 16.4. The van der Waals surface area contributed by atoms with E-state index in [0.29, 0.717) is 13.0 Å². The van der Waals surface area contributed by atoms with Crippen molar-refractivity contribution in [1.82, 2.24) is 0 Å². The zero-order valence-corrected chi connectivity index (χ0v) is 21.4. The number of carbonyl (C=O) groups is 2. The molecule has 0 fully saturated rings. The number of hydrogen-bond donors (Lipinski definition) is 1. The highest BCUT2D eigenvalue weighted by Gasteiger charge is 2.15. The number of allylic oxidation sites excluding steroid dienone is 1. The number of nitrogens with one attached hydrogen (secondary N) is 1. The van der Waals surface area contributed by atoms with Gasteiger partial charge in [-0.15, -0.1) is 0 Å². The number of hydrogen-bond acceptors (Lipinski definition) is 4. The second kappa shape index (κ2) is 14.2. The number of esters is 1. The van der Waals surface area contributed by atoms with E-state index in [4.69, 9.17) is 4.74 Å². The Bertz CT molecular complexity index is 956. The summed E-state index contributed by atoms with van der Waals surface area (Å²) in [6, 6.07) is 14.1. The second-order valence-electron chi connectivity index (χ2n) is 8.72. The fraction of sp³-hybridized carbons (Fsp3) is 0.448. The first-order valence-electron chi connectivity index (χ1n) is 12.5. The maximum absolute atomic E-state index is 13.0. The highest BCUT2D eigenvalue weighted by atomic mass is 16.5. The van der Waals surface area contributed by atoms with Crippen LogP contribution in [0.2, 0.25) is 0 Å². The van der Waals surface area contributed by atoms with E-state index in [1.54, 1.807) is 6.92 Å². The van der Waals surface area contributed by atoms with E-state index in [0.717, 1.165) is 66.8 Å². The predicted molar refractivity (Wildman–Crippen MR) is 142 cm³/mol. The molecule has 1 amide bonds. The Morgan fingerprint density at radius 1 is 0.971 bits per heavy atom. The number of benzene rings is 2. The number of aryl methyl sites for hydroxylation is 1. The van der Waals surface area contributed by atoms with Gasteiger partial charge in [-0.05, 0) is 62.4 Å². The maximum atomic E-state index is 13.0. The molecule has 0 aromatic heterocycles. The van der Waals surface area contributed by atoms with Crippen molar-refractivity contribution in [2.45, 2.75) is 66.7 Å². The van der Waals surface area contributed by atoms with E-state index in [1.807, 2.05) is 50.2 Å². The molecule has 0 atom stereocenters. The van der Waals surface area contributed by atoms with Gasteiger partial charge in [-0.1, -0.05) is 62.6 Å². The van der Waals surface area contributed by atoms with Gasteiger partial charge in [0, 0.05) is 19.2 Å². The highest BCUT2D eigenvalue weighted by molar-refractivity contribution is 5.97. The Morgan fingerprint density at radius 3 is 2.21 bits per heavy atom. The van der Waals surface area contributed by atoms with Crippen LogP contribution in [-0.4, -0.2) is 31.6 Å². The number of ether oxygens (including phenoxy) is 1. The zero-order chi connectivity index (χ0) is 24.9. The van der Waals surface area contributed by atoms with Crippen molar-refractivity contribution in [2.24, 2.45) is 0 Å². The SMILES string of the molecule is CCCCN(CCCC)c1ccc(/C(C)=C\C(=O)OCC)cc1NC(=O)Cc1ccc(C)cc1. The van der Waals surface area contributed by atoms with Gasteiger partial charge in [0.2, 0.25) is 5.91 Å². The Labute approximate surface area is 205 Å². The molecule has 0 bridgehead atoms. The fourth-order valence-corrected chi connectivity index (χ4v) is 3.74. The van der Waals surface area contributed by atoms with Gasteiger partial charge < -0.3 is 15.0 Å². The Hall–Kier alpha value is -3.08. The molecule has 0 radical (unpaired) electrons. The first kappa shape index (κ1) is 27.2. The minimum atomic E-state index is -0.360. The molecule has 0 aliphatic rings. The summed E-state index contributed by atoms with van der Waals surface area (Å²) in [5.41, 5.74) is 5.63. The van der Waals surface area contributed by atoms with E-state index >= 15 is 0 Å². The van der Waals surface area contributed by atoms with Gasteiger partial charge in [0.15, 0.2) is 0 Å². The Kier molecular flexibility index (Phi) is 11.4. The van der Waals surface area contributed by atoms with Crippen molar-refractivity contribution in [3.8, 4) is 0 Å². The standard InChI is InChI=1S/C29H40N2O3/c1-6-9-17-31(18-10-7-2)27-16-15-25(23(5)19-29(33)34-8-3)21-26(27)30-28(32)20-24-13-11-22(4)12-14-24/h11-16,19,21H,6-10,17-18,20H2,1-5H3,(H,30,32)/b23-19-. The van der Waals surface area contributed by atoms with Crippen molar-refractivity contribution in [2.75, 3.05) is 29.9 Å². The van der Waals surface area contributed by atoms with Crippen molar-refractivity contribution in [1.29, 1.82) is 0 Å². The van der Waals surface area contributed by atoms with Gasteiger partial charge in [-0.25, -0.2) is 4.79 Å². The second-order valence-corrected chi connectivity index (χ2v) is 8.72. The molecule has 0 heterocycles. The van der Waals surface area contributed by atoms with Crippen LogP contribution in [0.4, 0.5) is 11.4 Å². The molecule has 0 saturated carbocycles. The average molecular weight is 465 g/mol. The molecule has 0 spiro atoms. The molecule has 0 aliphatic carbocycles. The first-order valence-corrected chi connectivity index (χ1v) is 12.5. The van der Waals surface area contributed by atoms with Gasteiger partial charge in [0.1, 0.15) is 0 Å². The lowest BCUT2D eigenvalue weighted by molar-refractivity contribution is -0.137. The molecule has 2 rings (SSSR count). The zero-order valence-electron chi connectivity index (χ0n) is 21.4. The van der Waals surface area contributed by atoms with Gasteiger partial charge >= 0.3 is 5.97 Å². The summed E-state index contributed by atoms with van der Waals surface area (Å²) in [7, 11) is 0. The van der Waals surface area contributed by atoms with Gasteiger partial charge in [-0.3, -0.25) is 4.79 Å². The van der Waals surface area contributed by atoms with Gasteiger partial charge in [0.25, 0.3) is 0 Å². The van der Waals surface area contributed by atoms with Gasteiger partial charge in [0.05, 0.1) is 24.4 Å². The predicted octanol–water partition coefficient (Wildman–Crippen LogP) is 6.55. The smallest absolute Gasteiger partial charge is 0.331 e. The van der Waals surface area contributed by atoms with Crippen LogP contribution >= 0.6 is 0 Å². The van der Waals surface area contributed by atoms with E-state index in [-0.39, 0.29) is 11.9 Å². The molecular formula is C29H40N2O3. The quantitative estimate of drug-likeness (QED) is 0.270. The third-order valence-electron chi connectivity index (χ3n) is 5.74. The summed E-state index contributed by atoms with van der Waals surface area (Å²) < 4.78 is 5.06. The molecular weight excluding hydrogens is 424 g/mol. The lowest BCUT2D eigenvalue weighted by Gasteiger charge is -2.28.